The number of aromatic nitrogens is 3. The van der Waals surface area contributed by atoms with E-state index in [9.17, 15) is 5.11 Å². The van der Waals surface area contributed by atoms with Gasteiger partial charge in [-0.1, -0.05) is 31.5 Å². The maximum absolute atomic E-state index is 9.40. The standard InChI is InChI=1S/C30H42N6O3S/c1-5-9-21(2)33-29(38-4)27(23-12-14-36(15-13-23)16-17-37)40-25-18-26(39-24-10-7-6-8-11-24)28(31-20-25)35-30-32-19-22(3)34-30/h6-8,10-11,18-21,23,27,37H,5,9,12-17H2,1-4H3,(H2,31,32,34,35). The number of pyridine rings is 1. The molecule has 2 unspecified atom stereocenters. The summed E-state index contributed by atoms with van der Waals surface area (Å²) in [4.78, 5) is 20.6. The Morgan fingerprint density at radius 1 is 1.23 bits per heavy atom. The lowest BCUT2D eigenvalue weighted by Gasteiger charge is -2.35. The van der Waals surface area contributed by atoms with Gasteiger partial charge in [-0.05, 0) is 70.3 Å². The van der Waals surface area contributed by atoms with E-state index in [-0.39, 0.29) is 17.9 Å². The SMILES string of the molecule is CCCC(C)N=C(OC)C(Sc1cnc(Nc2ncc(C)[nH]2)c(Oc2ccccc2)c1)C1CCN(CCO)CC1. The van der Waals surface area contributed by atoms with Crippen molar-refractivity contribution >= 4 is 29.4 Å². The number of aliphatic hydroxyl groups is 1. The predicted octanol–water partition coefficient (Wildman–Crippen LogP) is 6.05. The molecule has 2 aromatic heterocycles. The summed E-state index contributed by atoms with van der Waals surface area (Å²) in [5.41, 5.74) is 0.955. The van der Waals surface area contributed by atoms with Crippen LogP contribution in [0.1, 0.15) is 45.2 Å². The molecule has 3 aromatic rings. The average molecular weight is 567 g/mol. The van der Waals surface area contributed by atoms with Gasteiger partial charge in [0.1, 0.15) is 5.75 Å². The molecule has 1 aliphatic heterocycles. The Morgan fingerprint density at radius 3 is 2.65 bits per heavy atom. The molecule has 0 spiro atoms. The molecule has 0 bridgehead atoms. The first-order valence-electron chi connectivity index (χ1n) is 14.1. The molecule has 9 nitrogen and oxygen atoms in total. The number of nitrogens with zero attached hydrogens (tertiary/aromatic N) is 4. The van der Waals surface area contributed by atoms with Gasteiger partial charge in [-0.2, -0.15) is 0 Å². The van der Waals surface area contributed by atoms with E-state index in [1.807, 2.05) is 49.5 Å². The molecule has 216 valence electrons. The third-order valence-corrected chi connectivity index (χ3v) is 8.32. The van der Waals surface area contributed by atoms with Crippen LogP contribution in [0.5, 0.6) is 11.5 Å². The number of methoxy groups -OCH3 is 1. The molecule has 1 saturated heterocycles. The Bertz CT molecular complexity index is 1210. The van der Waals surface area contributed by atoms with Crippen LogP contribution >= 0.6 is 11.8 Å². The molecule has 40 heavy (non-hydrogen) atoms. The normalized spacial score (nSPS) is 16.5. The van der Waals surface area contributed by atoms with Gasteiger partial charge >= 0.3 is 0 Å². The van der Waals surface area contributed by atoms with Crippen LogP contribution in [0.25, 0.3) is 0 Å². The number of ether oxygens (including phenoxy) is 2. The van der Waals surface area contributed by atoms with Gasteiger partial charge < -0.3 is 29.8 Å². The molecule has 10 heteroatoms. The second-order valence-electron chi connectivity index (χ2n) is 10.2. The van der Waals surface area contributed by atoms with Crippen LogP contribution in [0.3, 0.4) is 0 Å². The van der Waals surface area contributed by atoms with Crippen LogP contribution in [-0.4, -0.2) is 75.5 Å². The van der Waals surface area contributed by atoms with E-state index in [4.69, 9.17) is 19.5 Å². The van der Waals surface area contributed by atoms with Gasteiger partial charge in [0, 0.05) is 29.5 Å². The molecule has 0 saturated carbocycles. The summed E-state index contributed by atoms with van der Waals surface area (Å²) >= 11 is 1.73. The maximum Gasteiger partial charge on any atom is 0.206 e. The first-order valence-corrected chi connectivity index (χ1v) is 15.0. The monoisotopic (exact) mass is 566 g/mol. The molecule has 1 fully saturated rings. The van der Waals surface area contributed by atoms with Crippen molar-refractivity contribution in [2.24, 2.45) is 10.9 Å². The summed E-state index contributed by atoms with van der Waals surface area (Å²) in [5, 5.41) is 12.7. The van der Waals surface area contributed by atoms with Gasteiger partial charge in [-0.3, -0.25) is 4.99 Å². The number of rotatable bonds is 13. The van der Waals surface area contributed by atoms with E-state index >= 15 is 0 Å². The van der Waals surface area contributed by atoms with Crippen LogP contribution in [0.4, 0.5) is 11.8 Å². The van der Waals surface area contributed by atoms with E-state index < -0.39 is 0 Å². The lowest BCUT2D eigenvalue weighted by molar-refractivity contribution is 0.149. The summed E-state index contributed by atoms with van der Waals surface area (Å²) in [6, 6.07) is 11.9. The number of nitrogens with one attached hydrogen (secondary N) is 2. The minimum atomic E-state index is 0.0403. The quantitative estimate of drug-likeness (QED) is 0.130. The zero-order valence-corrected chi connectivity index (χ0v) is 24.8. The fraction of sp³-hybridized carbons (Fsp3) is 0.500. The zero-order valence-electron chi connectivity index (χ0n) is 24.0. The van der Waals surface area contributed by atoms with E-state index in [0.29, 0.717) is 23.4 Å². The second-order valence-corrected chi connectivity index (χ2v) is 11.4. The van der Waals surface area contributed by atoms with Gasteiger partial charge in [0.15, 0.2) is 17.5 Å². The number of hydrogen-bond acceptors (Lipinski definition) is 9. The van der Waals surface area contributed by atoms with E-state index in [0.717, 1.165) is 67.6 Å². The highest BCUT2D eigenvalue weighted by atomic mass is 32.2. The number of imidazole rings is 1. The molecule has 2 atom stereocenters. The van der Waals surface area contributed by atoms with Crippen LogP contribution in [0.2, 0.25) is 0 Å². The van der Waals surface area contributed by atoms with Crippen LogP contribution in [-0.2, 0) is 4.74 Å². The highest BCUT2D eigenvalue weighted by molar-refractivity contribution is 8.00. The fourth-order valence-corrected chi connectivity index (χ4v) is 6.23. The van der Waals surface area contributed by atoms with Crippen molar-refractivity contribution in [1.82, 2.24) is 19.9 Å². The van der Waals surface area contributed by atoms with Crippen molar-refractivity contribution in [3.8, 4) is 11.5 Å². The number of thioether (sulfide) groups is 1. The highest BCUT2D eigenvalue weighted by Gasteiger charge is 2.32. The molecule has 0 amide bonds. The molecular formula is C30H42N6O3S. The van der Waals surface area contributed by atoms with Gasteiger partial charge in [0.2, 0.25) is 5.95 Å². The minimum Gasteiger partial charge on any atom is -0.483 e. The van der Waals surface area contributed by atoms with Crippen molar-refractivity contribution in [3.05, 3.63) is 54.5 Å². The lowest BCUT2D eigenvalue weighted by atomic mass is 9.93. The number of aliphatic imine (C=N–C) groups is 1. The number of likely N-dealkylation sites (tertiary alicyclic amines) is 1. The Kier molecular flexibility index (Phi) is 11.3. The number of aromatic amines is 1. The van der Waals surface area contributed by atoms with Gasteiger partial charge in [-0.25, -0.2) is 9.97 Å². The number of H-pyrrole nitrogens is 1. The third-order valence-electron chi connectivity index (χ3n) is 6.98. The number of aliphatic hydroxyl groups excluding tert-OH is 1. The van der Waals surface area contributed by atoms with Crippen LogP contribution in [0, 0.1) is 12.8 Å². The number of hydrogen-bond donors (Lipinski definition) is 3. The smallest absolute Gasteiger partial charge is 0.206 e. The Balaban J connectivity index is 1.63. The fourth-order valence-electron chi connectivity index (χ4n) is 4.92. The summed E-state index contributed by atoms with van der Waals surface area (Å²) in [6.07, 6.45) is 7.76. The number of benzene rings is 1. The van der Waals surface area contributed by atoms with Gasteiger partial charge in [0.25, 0.3) is 0 Å². The van der Waals surface area contributed by atoms with Crippen molar-refractivity contribution in [1.29, 1.82) is 0 Å². The predicted molar refractivity (Wildman–Crippen MR) is 162 cm³/mol. The first-order chi connectivity index (χ1) is 19.5. The minimum absolute atomic E-state index is 0.0403. The largest absolute Gasteiger partial charge is 0.483 e. The van der Waals surface area contributed by atoms with Crippen LogP contribution < -0.4 is 10.1 Å². The van der Waals surface area contributed by atoms with Crippen LogP contribution in [0.15, 0.2) is 58.7 Å². The summed E-state index contributed by atoms with van der Waals surface area (Å²) in [6.45, 7) is 9.11. The summed E-state index contributed by atoms with van der Waals surface area (Å²) < 4.78 is 12.3. The molecule has 0 aliphatic carbocycles. The molecule has 1 aliphatic rings. The lowest BCUT2D eigenvalue weighted by Crippen LogP contribution is -2.41. The molecular weight excluding hydrogens is 524 g/mol. The number of aryl methyl sites for hydroxylation is 1. The van der Waals surface area contributed by atoms with E-state index in [1.54, 1.807) is 25.1 Å². The van der Waals surface area contributed by atoms with E-state index in [1.165, 1.54) is 0 Å². The van der Waals surface area contributed by atoms with Gasteiger partial charge in [0.05, 0.1) is 25.0 Å². The van der Waals surface area contributed by atoms with Crippen molar-refractivity contribution in [2.75, 3.05) is 38.7 Å². The van der Waals surface area contributed by atoms with Crippen molar-refractivity contribution in [2.45, 2.75) is 62.6 Å². The molecule has 3 heterocycles. The Labute approximate surface area is 241 Å². The summed E-state index contributed by atoms with van der Waals surface area (Å²) in [5.74, 6) is 3.69. The number of piperidine rings is 1. The zero-order chi connectivity index (χ0) is 28.3. The molecule has 4 rings (SSSR count). The Morgan fingerprint density at radius 2 is 2.00 bits per heavy atom. The first kappa shape index (κ1) is 29.9. The van der Waals surface area contributed by atoms with E-state index in [2.05, 4.69) is 34.0 Å². The maximum atomic E-state index is 9.40. The molecule has 3 N–H and O–H groups in total. The number of β-amino-alcohol motifs (C(OH)–C–C–N with tert-alkyl or cyclic N) is 1. The number of anilines is 2. The number of para-hydroxylation sites is 1. The average Bonchev–Trinajstić information content (AvgIpc) is 3.37. The molecule has 1 aromatic carbocycles. The topological polar surface area (TPSA) is 108 Å². The van der Waals surface area contributed by atoms with Gasteiger partial charge in [-0.15, -0.1) is 11.8 Å². The van der Waals surface area contributed by atoms with Crippen molar-refractivity contribution < 1.29 is 14.6 Å². The van der Waals surface area contributed by atoms with Crippen molar-refractivity contribution in [3.63, 3.8) is 0 Å². The second kappa shape index (κ2) is 15.1. The summed E-state index contributed by atoms with van der Waals surface area (Å²) in [7, 11) is 1.73. The molecule has 0 radical (unpaired) electrons. The highest BCUT2D eigenvalue weighted by Crippen LogP contribution is 2.39. The Hall–Kier alpha value is -3.08. The third kappa shape index (κ3) is 8.46.